The number of benzene rings is 2. The van der Waals surface area contributed by atoms with Crippen LogP contribution in [0.25, 0.3) is 0 Å². The molecule has 0 radical (unpaired) electrons. The topological polar surface area (TPSA) is 78.5 Å². The summed E-state index contributed by atoms with van der Waals surface area (Å²) in [7, 11) is 1.54. The van der Waals surface area contributed by atoms with Gasteiger partial charge in [0.15, 0.2) is 0 Å². The summed E-state index contributed by atoms with van der Waals surface area (Å²) in [6, 6.07) is 15.1. The number of nitrogens with zero attached hydrogens (tertiary/aromatic N) is 1. The Hall–Kier alpha value is -3.15. The Morgan fingerprint density at radius 1 is 0.889 bits per heavy atom. The molecular weight excluding hydrogens is 342 g/mol. The summed E-state index contributed by atoms with van der Waals surface area (Å²) in [6.07, 6.45) is 0.213. The van der Waals surface area contributed by atoms with Crippen LogP contribution in [0.4, 0.5) is 5.69 Å². The summed E-state index contributed by atoms with van der Waals surface area (Å²) in [5, 5.41) is 5.43. The van der Waals surface area contributed by atoms with E-state index in [0.717, 1.165) is 22.4 Å². The molecule has 0 aliphatic rings. The van der Waals surface area contributed by atoms with Gasteiger partial charge in [-0.05, 0) is 30.5 Å². The molecule has 6 heteroatoms. The number of carbonyl (C=O) groups is 3. The van der Waals surface area contributed by atoms with Crippen LogP contribution in [0, 0.1) is 13.8 Å². The minimum Gasteiger partial charge on any atom is -0.347 e. The Bertz CT molecular complexity index is 798. The lowest BCUT2D eigenvalue weighted by Crippen LogP contribution is -2.41. The second-order valence-corrected chi connectivity index (χ2v) is 6.50. The Morgan fingerprint density at radius 3 is 2.15 bits per heavy atom. The number of likely N-dealkylation sites (N-methyl/N-ethyl adjacent to an activating group) is 1. The van der Waals surface area contributed by atoms with Gasteiger partial charge in [0, 0.05) is 12.7 Å². The molecule has 0 aliphatic carbocycles. The number of aryl methyl sites for hydroxylation is 2. The number of anilines is 1. The third-order valence-electron chi connectivity index (χ3n) is 4.20. The zero-order valence-electron chi connectivity index (χ0n) is 15.9. The molecule has 2 aromatic rings. The second-order valence-electron chi connectivity index (χ2n) is 6.50. The molecule has 0 aromatic heterocycles. The summed E-state index contributed by atoms with van der Waals surface area (Å²) in [6.45, 7) is 3.61. The number of amides is 3. The molecule has 0 atom stereocenters. The van der Waals surface area contributed by atoms with E-state index in [2.05, 4.69) is 10.6 Å². The van der Waals surface area contributed by atoms with E-state index in [-0.39, 0.29) is 37.2 Å². The molecule has 0 aliphatic heterocycles. The lowest BCUT2D eigenvalue weighted by molar-refractivity contribution is -0.134. The Balaban J connectivity index is 1.79. The zero-order valence-corrected chi connectivity index (χ0v) is 15.9. The molecule has 0 heterocycles. The fraction of sp³-hybridized carbons (Fsp3) is 0.286. The van der Waals surface area contributed by atoms with Gasteiger partial charge in [-0.25, -0.2) is 0 Å². The molecule has 0 unspecified atom stereocenters. The van der Waals surface area contributed by atoms with Crippen molar-refractivity contribution in [3.05, 3.63) is 65.2 Å². The minimum absolute atomic E-state index is 0.0822. The highest BCUT2D eigenvalue weighted by atomic mass is 16.2. The monoisotopic (exact) mass is 367 g/mol. The molecule has 0 fully saturated rings. The van der Waals surface area contributed by atoms with Crippen molar-refractivity contribution in [3.8, 4) is 0 Å². The molecule has 0 saturated heterocycles. The first-order valence-electron chi connectivity index (χ1n) is 8.77. The SMILES string of the molecule is Cc1cccc(C)c1NC(=O)CN(C)C(=O)CNC(=O)Cc1ccccc1. The van der Waals surface area contributed by atoms with Gasteiger partial charge in [-0.3, -0.25) is 14.4 Å². The van der Waals surface area contributed by atoms with Crippen LogP contribution >= 0.6 is 0 Å². The van der Waals surface area contributed by atoms with Gasteiger partial charge in [0.2, 0.25) is 17.7 Å². The maximum atomic E-state index is 12.2. The van der Waals surface area contributed by atoms with Crippen molar-refractivity contribution in [2.45, 2.75) is 20.3 Å². The first-order valence-corrected chi connectivity index (χ1v) is 8.77. The van der Waals surface area contributed by atoms with Crippen molar-refractivity contribution in [3.63, 3.8) is 0 Å². The molecule has 2 N–H and O–H groups in total. The van der Waals surface area contributed by atoms with Gasteiger partial charge in [0.25, 0.3) is 0 Å². The van der Waals surface area contributed by atoms with Crippen LogP contribution in [-0.4, -0.2) is 42.8 Å². The quantitative estimate of drug-likeness (QED) is 0.786. The van der Waals surface area contributed by atoms with Crippen molar-refractivity contribution in [1.29, 1.82) is 0 Å². The van der Waals surface area contributed by atoms with Crippen molar-refractivity contribution in [2.75, 3.05) is 25.5 Å². The molecule has 0 spiro atoms. The molecule has 0 saturated carbocycles. The predicted molar refractivity (Wildman–Crippen MR) is 105 cm³/mol. The first kappa shape index (κ1) is 20.2. The number of para-hydroxylation sites is 1. The molecule has 2 rings (SSSR count). The summed E-state index contributed by atoms with van der Waals surface area (Å²) in [4.78, 5) is 37.6. The van der Waals surface area contributed by atoms with Gasteiger partial charge in [-0.2, -0.15) is 0 Å². The van der Waals surface area contributed by atoms with E-state index in [0.29, 0.717) is 0 Å². The minimum atomic E-state index is -0.326. The van der Waals surface area contributed by atoms with E-state index in [1.165, 1.54) is 11.9 Å². The van der Waals surface area contributed by atoms with Crippen molar-refractivity contribution >= 4 is 23.4 Å². The average molecular weight is 367 g/mol. The number of rotatable bonds is 7. The highest BCUT2D eigenvalue weighted by Gasteiger charge is 2.15. The molecule has 142 valence electrons. The number of hydrogen-bond donors (Lipinski definition) is 2. The normalized spacial score (nSPS) is 10.2. The zero-order chi connectivity index (χ0) is 19.8. The van der Waals surface area contributed by atoms with Crippen molar-refractivity contribution in [1.82, 2.24) is 10.2 Å². The molecule has 27 heavy (non-hydrogen) atoms. The van der Waals surface area contributed by atoms with E-state index in [1.54, 1.807) is 0 Å². The van der Waals surface area contributed by atoms with Crippen LogP contribution in [0.1, 0.15) is 16.7 Å². The highest BCUT2D eigenvalue weighted by molar-refractivity contribution is 5.96. The van der Waals surface area contributed by atoms with E-state index in [9.17, 15) is 14.4 Å². The van der Waals surface area contributed by atoms with Crippen molar-refractivity contribution < 1.29 is 14.4 Å². The van der Waals surface area contributed by atoms with Gasteiger partial charge in [-0.15, -0.1) is 0 Å². The average Bonchev–Trinajstić information content (AvgIpc) is 2.63. The third kappa shape index (κ3) is 6.26. The van der Waals surface area contributed by atoms with E-state index < -0.39 is 0 Å². The fourth-order valence-electron chi connectivity index (χ4n) is 2.65. The molecule has 6 nitrogen and oxygen atoms in total. The van der Waals surface area contributed by atoms with Gasteiger partial charge >= 0.3 is 0 Å². The fourth-order valence-corrected chi connectivity index (χ4v) is 2.65. The summed E-state index contributed by atoms with van der Waals surface area (Å²) in [5.41, 5.74) is 3.57. The van der Waals surface area contributed by atoms with Crippen LogP contribution in [0.15, 0.2) is 48.5 Å². The van der Waals surface area contributed by atoms with Crippen LogP contribution in [-0.2, 0) is 20.8 Å². The summed E-state index contributed by atoms with van der Waals surface area (Å²) >= 11 is 0. The Kier molecular flexibility index (Phi) is 7.11. The Morgan fingerprint density at radius 2 is 1.52 bits per heavy atom. The predicted octanol–water partition coefficient (Wildman–Crippen LogP) is 2.06. The maximum Gasteiger partial charge on any atom is 0.243 e. The Labute approximate surface area is 159 Å². The second kappa shape index (κ2) is 9.52. The van der Waals surface area contributed by atoms with Crippen LogP contribution in [0.2, 0.25) is 0 Å². The first-order chi connectivity index (χ1) is 12.9. The van der Waals surface area contributed by atoms with Crippen LogP contribution in [0.3, 0.4) is 0 Å². The largest absolute Gasteiger partial charge is 0.347 e. The van der Waals surface area contributed by atoms with Gasteiger partial charge in [-0.1, -0.05) is 48.5 Å². The van der Waals surface area contributed by atoms with E-state index >= 15 is 0 Å². The maximum absolute atomic E-state index is 12.2. The highest BCUT2D eigenvalue weighted by Crippen LogP contribution is 2.19. The van der Waals surface area contributed by atoms with E-state index in [1.807, 2.05) is 62.4 Å². The van der Waals surface area contributed by atoms with E-state index in [4.69, 9.17) is 0 Å². The molecule has 0 bridgehead atoms. The molecule has 2 aromatic carbocycles. The standard InChI is InChI=1S/C21H25N3O3/c1-15-8-7-9-16(2)21(15)23-19(26)14-24(3)20(27)13-22-18(25)12-17-10-5-4-6-11-17/h4-11H,12-14H2,1-3H3,(H,22,25)(H,23,26). The summed E-state index contributed by atoms with van der Waals surface area (Å²) in [5.74, 6) is -0.838. The smallest absolute Gasteiger partial charge is 0.243 e. The van der Waals surface area contributed by atoms with Gasteiger partial charge in [0.05, 0.1) is 19.5 Å². The van der Waals surface area contributed by atoms with Gasteiger partial charge in [0.1, 0.15) is 0 Å². The number of carbonyl (C=O) groups excluding carboxylic acids is 3. The molecule has 3 amide bonds. The number of hydrogen-bond acceptors (Lipinski definition) is 3. The third-order valence-corrected chi connectivity index (χ3v) is 4.20. The van der Waals surface area contributed by atoms with Crippen LogP contribution in [0.5, 0.6) is 0 Å². The van der Waals surface area contributed by atoms with Crippen molar-refractivity contribution in [2.24, 2.45) is 0 Å². The van der Waals surface area contributed by atoms with Gasteiger partial charge < -0.3 is 15.5 Å². The summed E-state index contributed by atoms with van der Waals surface area (Å²) < 4.78 is 0. The molecular formula is C21H25N3O3. The van der Waals surface area contributed by atoms with Crippen LogP contribution < -0.4 is 10.6 Å². The number of nitrogens with one attached hydrogen (secondary N) is 2. The lowest BCUT2D eigenvalue weighted by atomic mass is 10.1. The lowest BCUT2D eigenvalue weighted by Gasteiger charge is -2.18.